The molecule has 5 rings (SSSR count). The fraction of sp³-hybridized carbons (Fsp3) is 0.741. The highest BCUT2D eigenvalue weighted by molar-refractivity contribution is 6.17. The molecule has 2 bridgehead atoms. The van der Waals surface area contributed by atoms with E-state index in [4.69, 9.17) is 14.2 Å². The van der Waals surface area contributed by atoms with E-state index in [2.05, 4.69) is 6.08 Å². The summed E-state index contributed by atoms with van der Waals surface area (Å²) in [4.78, 5) is 41.9. The molecule has 0 radical (unpaired) electrons. The molecule has 7 heteroatoms. The van der Waals surface area contributed by atoms with Crippen LogP contribution in [0.1, 0.15) is 60.8 Å². The monoisotopic (exact) mass is 472 g/mol. The zero-order valence-electron chi connectivity index (χ0n) is 21.4. The molecule has 5 aliphatic rings. The van der Waals surface area contributed by atoms with E-state index in [-0.39, 0.29) is 17.7 Å². The standard InChI is InChI=1S/C27H36O7/c1-13-11-16-24(5,27(22(31)33-8)19(29)14(2)20(32-7)25(13,27)6)12-15-18-23(3,4)17(28)9-10-26(16,18)21(30)34-15/h11,15-18,28H,9-10,12H2,1-8H3/t15-,16+,17-,18+,24-,25-,26+,27+/m0/s1. The van der Waals surface area contributed by atoms with Crippen LogP contribution in [-0.2, 0) is 28.6 Å². The molecule has 1 heterocycles. The van der Waals surface area contributed by atoms with Crippen LogP contribution < -0.4 is 0 Å². The van der Waals surface area contributed by atoms with E-state index >= 15 is 0 Å². The summed E-state index contributed by atoms with van der Waals surface area (Å²) in [5.41, 5.74) is -3.83. The number of hydrogen-bond donors (Lipinski definition) is 1. The molecule has 34 heavy (non-hydrogen) atoms. The van der Waals surface area contributed by atoms with E-state index in [0.717, 1.165) is 5.57 Å². The molecule has 186 valence electrons. The zero-order chi connectivity index (χ0) is 25.2. The van der Waals surface area contributed by atoms with Crippen LogP contribution >= 0.6 is 0 Å². The number of ketones is 1. The maximum Gasteiger partial charge on any atom is 0.321 e. The lowest BCUT2D eigenvalue weighted by molar-refractivity contribution is -0.212. The predicted octanol–water partition coefficient (Wildman–Crippen LogP) is 3.35. The molecule has 4 aliphatic carbocycles. The molecule has 0 aromatic heterocycles. The summed E-state index contributed by atoms with van der Waals surface area (Å²) >= 11 is 0. The highest BCUT2D eigenvalue weighted by atomic mass is 16.6. The number of methoxy groups -OCH3 is 2. The summed E-state index contributed by atoms with van der Waals surface area (Å²) in [5, 5.41) is 10.9. The van der Waals surface area contributed by atoms with Crippen molar-refractivity contribution in [1.29, 1.82) is 0 Å². The molecule has 7 nitrogen and oxygen atoms in total. The van der Waals surface area contributed by atoms with Crippen molar-refractivity contribution in [3.63, 3.8) is 0 Å². The Morgan fingerprint density at radius 3 is 2.38 bits per heavy atom. The number of allylic oxidation sites excluding steroid dienone is 3. The number of fused-ring (bicyclic) bond motifs is 3. The van der Waals surface area contributed by atoms with Crippen molar-refractivity contribution in [3.05, 3.63) is 23.0 Å². The van der Waals surface area contributed by atoms with Crippen LogP contribution in [0.2, 0.25) is 0 Å². The fourth-order valence-electron chi connectivity index (χ4n) is 9.52. The van der Waals surface area contributed by atoms with Gasteiger partial charge in [-0.25, -0.2) is 0 Å². The van der Waals surface area contributed by atoms with Gasteiger partial charge in [-0.1, -0.05) is 32.4 Å². The van der Waals surface area contributed by atoms with Crippen molar-refractivity contribution in [1.82, 2.24) is 0 Å². The third-order valence-electron chi connectivity index (χ3n) is 10.9. The number of rotatable bonds is 2. The van der Waals surface area contributed by atoms with Crippen molar-refractivity contribution >= 4 is 17.7 Å². The second kappa shape index (κ2) is 6.54. The van der Waals surface area contributed by atoms with Gasteiger partial charge in [-0.3, -0.25) is 14.4 Å². The van der Waals surface area contributed by atoms with Crippen molar-refractivity contribution in [3.8, 4) is 0 Å². The van der Waals surface area contributed by atoms with Crippen LogP contribution in [0, 0.1) is 38.9 Å². The van der Waals surface area contributed by atoms with E-state index < -0.39 is 51.2 Å². The molecule has 1 aliphatic heterocycles. The summed E-state index contributed by atoms with van der Waals surface area (Å²) in [5.74, 6) is -1.33. The molecule has 3 fully saturated rings. The first-order valence-corrected chi connectivity index (χ1v) is 12.2. The van der Waals surface area contributed by atoms with Crippen LogP contribution in [0.15, 0.2) is 23.0 Å². The van der Waals surface area contributed by atoms with Crippen LogP contribution in [-0.4, -0.2) is 49.3 Å². The van der Waals surface area contributed by atoms with Gasteiger partial charge in [-0.15, -0.1) is 0 Å². The van der Waals surface area contributed by atoms with Crippen LogP contribution in [0.4, 0.5) is 0 Å². The number of ether oxygens (including phenoxy) is 3. The predicted molar refractivity (Wildman–Crippen MR) is 122 cm³/mol. The maximum atomic E-state index is 14.3. The Hall–Kier alpha value is -2.15. The number of aliphatic hydroxyl groups excluding tert-OH is 1. The second-order valence-corrected chi connectivity index (χ2v) is 12.1. The Morgan fingerprint density at radius 1 is 1.15 bits per heavy atom. The van der Waals surface area contributed by atoms with Gasteiger partial charge in [-0.2, -0.15) is 0 Å². The van der Waals surface area contributed by atoms with E-state index in [9.17, 15) is 19.5 Å². The Balaban J connectivity index is 1.86. The minimum absolute atomic E-state index is 0.218. The summed E-state index contributed by atoms with van der Waals surface area (Å²) in [6, 6.07) is 0. The number of carbonyl (C=O) groups excluding carboxylic acids is 3. The third-order valence-corrected chi connectivity index (χ3v) is 10.9. The minimum atomic E-state index is -1.59. The fourth-order valence-corrected chi connectivity index (χ4v) is 9.52. The quantitative estimate of drug-likeness (QED) is 0.374. The molecule has 1 N–H and O–H groups in total. The van der Waals surface area contributed by atoms with Crippen LogP contribution in [0.25, 0.3) is 0 Å². The summed E-state index contributed by atoms with van der Waals surface area (Å²) in [6.45, 7) is 11.5. The second-order valence-electron chi connectivity index (χ2n) is 12.1. The van der Waals surface area contributed by atoms with Gasteiger partial charge in [0.25, 0.3) is 0 Å². The molecular formula is C27H36O7. The van der Waals surface area contributed by atoms with E-state index in [1.165, 1.54) is 14.2 Å². The molecule has 0 unspecified atom stereocenters. The number of hydrogen-bond acceptors (Lipinski definition) is 7. The largest absolute Gasteiger partial charge is 0.500 e. The lowest BCUT2D eigenvalue weighted by Crippen LogP contribution is -2.71. The van der Waals surface area contributed by atoms with Gasteiger partial charge in [0, 0.05) is 22.8 Å². The van der Waals surface area contributed by atoms with Gasteiger partial charge in [0.05, 0.1) is 31.2 Å². The molecule has 2 saturated carbocycles. The first kappa shape index (κ1) is 23.6. The van der Waals surface area contributed by atoms with Gasteiger partial charge in [0.15, 0.2) is 11.2 Å². The lowest BCUT2D eigenvalue weighted by Gasteiger charge is -2.66. The molecule has 0 spiro atoms. The smallest absolute Gasteiger partial charge is 0.321 e. The molecule has 1 saturated heterocycles. The third kappa shape index (κ3) is 2.02. The van der Waals surface area contributed by atoms with Gasteiger partial charge in [0.1, 0.15) is 11.9 Å². The molecule has 0 aromatic carbocycles. The van der Waals surface area contributed by atoms with E-state index in [1.54, 1.807) is 6.92 Å². The Kier molecular flexibility index (Phi) is 4.53. The Morgan fingerprint density at radius 2 is 1.79 bits per heavy atom. The molecule has 0 aromatic rings. The van der Waals surface area contributed by atoms with Crippen molar-refractivity contribution in [2.75, 3.05) is 14.2 Å². The maximum absolute atomic E-state index is 14.3. The summed E-state index contributed by atoms with van der Waals surface area (Å²) < 4.78 is 17.3. The lowest BCUT2D eigenvalue weighted by atomic mass is 9.33. The summed E-state index contributed by atoms with van der Waals surface area (Å²) in [6.07, 6.45) is 2.29. The highest BCUT2D eigenvalue weighted by Crippen LogP contribution is 2.79. The number of esters is 2. The van der Waals surface area contributed by atoms with Crippen LogP contribution in [0.5, 0.6) is 0 Å². The number of carbonyl (C=O) groups is 3. The van der Waals surface area contributed by atoms with Crippen LogP contribution in [0.3, 0.4) is 0 Å². The van der Waals surface area contributed by atoms with Crippen molar-refractivity contribution < 1.29 is 33.7 Å². The number of Topliss-reactive ketones (excluding diaryl/α,β-unsaturated/α-hetero) is 1. The SMILES string of the molecule is COC(=O)[C@@]12C(=O)C(C)=C(OC)[C@]1(C)C(C)=C[C@H]1[C@]34CC[C@H](O)C(C)(C)[C@H]3[C@H](C[C@@]12C)OC4=O. The van der Waals surface area contributed by atoms with Crippen molar-refractivity contribution in [2.24, 2.45) is 38.9 Å². The highest BCUT2D eigenvalue weighted by Gasteiger charge is 2.84. The zero-order valence-corrected chi connectivity index (χ0v) is 21.4. The Labute approximate surface area is 200 Å². The molecular weight excluding hydrogens is 436 g/mol. The van der Waals surface area contributed by atoms with E-state index in [0.29, 0.717) is 30.6 Å². The van der Waals surface area contributed by atoms with Gasteiger partial charge >= 0.3 is 11.9 Å². The topological polar surface area (TPSA) is 99.1 Å². The Bertz CT molecular complexity index is 1080. The van der Waals surface area contributed by atoms with Gasteiger partial charge in [-0.05, 0) is 45.4 Å². The molecule has 8 atom stereocenters. The first-order chi connectivity index (χ1) is 15.7. The number of aliphatic hydroxyl groups is 1. The van der Waals surface area contributed by atoms with E-state index in [1.807, 2.05) is 34.6 Å². The average molecular weight is 473 g/mol. The van der Waals surface area contributed by atoms with Gasteiger partial charge < -0.3 is 19.3 Å². The molecule has 0 amide bonds. The average Bonchev–Trinajstić information content (AvgIpc) is 3.12. The normalized spacial score (nSPS) is 48.4. The summed E-state index contributed by atoms with van der Waals surface area (Å²) in [7, 11) is 2.85. The first-order valence-electron chi connectivity index (χ1n) is 12.2. The van der Waals surface area contributed by atoms with Crippen molar-refractivity contribution in [2.45, 2.75) is 73.0 Å². The minimum Gasteiger partial charge on any atom is -0.500 e. The van der Waals surface area contributed by atoms with Gasteiger partial charge in [0.2, 0.25) is 0 Å².